The number of hydrogen-bond acceptors (Lipinski definition) is 5. The molecule has 37 heavy (non-hydrogen) atoms. The van der Waals surface area contributed by atoms with Crippen molar-refractivity contribution in [1.29, 1.82) is 0 Å². The molecule has 1 saturated carbocycles. The summed E-state index contributed by atoms with van der Waals surface area (Å²) in [5, 5.41) is 8.21. The zero-order valence-electron chi connectivity index (χ0n) is 20.1. The van der Waals surface area contributed by atoms with Crippen molar-refractivity contribution < 1.29 is 26.7 Å². The molecule has 6 rings (SSSR count). The highest BCUT2D eigenvalue weighted by Gasteiger charge is 2.62. The number of benzene rings is 2. The third-order valence-corrected chi connectivity index (χ3v) is 7.66. The summed E-state index contributed by atoms with van der Waals surface area (Å²) in [5.41, 5.74) is 1.26. The molecule has 1 fully saturated rings. The number of nitrogens with zero attached hydrogens (tertiary/aromatic N) is 5. The molecule has 0 radical (unpaired) electrons. The zero-order chi connectivity index (χ0) is 25.9. The lowest BCUT2D eigenvalue weighted by atomic mass is 9.90. The molecule has 0 atom stereocenters. The molecule has 0 bridgehead atoms. The molecule has 1 aliphatic heterocycles. The Labute approximate surface area is 209 Å². The Bertz CT molecular complexity index is 1510. The highest BCUT2D eigenvalue weighted by atomic mass is 19.4. The summed E-state index contributed by atoms with van der Waals surface area (Å²) in [7, 11) is 1.49. The second kappa shape index (κ2) is 8.61. The third-order valence-electron chi connectivity index (χ3n) is 7.66. The average molecular weight is 518 g/mol. The van der Waals surface area contributed by atoms with Crippen LogP contribution in [0.3, 0.4) is 0 Å². The Morgan fingerprint density at radius 1 is 1.08 bits per heavy atom. The molecule has 0 saturated heterocycles. The molecule has 0 amide bonds. The highest BCUT2D eigenvalue weighted by molar-refractivity contribution is 5.94. The van der Waals surface area contributed by atoms with Crippen LogP contribution in [0.25, 0.3) is 16.7 Å². The van der Waals surface area contributed by atoms with Crippen molar-refractivity contribution in [3.05, 3.63) is 58.9 Å². The standard InChI is InChI=1S/C26H24F5N5O/c1-37-14-20-33-34-24-32-23(21-19(36(20)24)8-7-17(27)22(21)28)35-13-3-5-16-15(4-2-6-18(16)35)9-10-25(11-12-25)26(29,30)31/h2,4,6-8H,3,5,9-14H2,1H3. The number of aryl methyl sites for hydroxylation is 1. The maximum atomic E-state index is 15.4. The number of halogens is 5. The first-order valence-electron chi connectivity index (χ1n) is 12.2. The Morgan fingerprint density at radius 3 is 2.62 bits per heavy atom. The summed E-state index contributed by atoms with van der Waals surface area (Å²) in [4.78, 5) is 6.41. The van der Waals surface area contributed by atoms with Gasteiger partial charge in [-0.05, 0) is 67.9 Å². The van der Waals surface area contributed by atoms with Crippen molar-refractivity contribution in [3.63, 3.8) is 0 Å². The van der Waals surface area contributed by atoms with E-state index in [9.17, 15) is 17.6 Å². The van der Waals surface area contributed by atoms with Gasteiger partial charge in [-0.2, -0.15) is 18.2 Å². The van der Waals surface area contributed by atoms with E-state index in [1.165, 1.54) is 13.2 Å². The molecule has 194 valence electrons. The van der Waals surface area contributed by atoms with E-state index in [1.54, 1.807) is 10.5 Å². The molecule has 11 heteroatoms. The van der Waals surface area contributed by atoms with E-state index in [2.05, 4.69) is 15.2 Å². The van der Waals surface area contributed by atoms with Gasteiger partial charge in [0.1, 0.15) is 12.4 Å². The van der Waals surface area contributed by atoms with Gasteiger partial charge in [-0.3, -0.25) is 4.40 Å². The summed E-state index contributed by atoms with van der Waals surface area (Å²) >= 11 is 0. The fraction of sp³-hybridized carbons (Fsp3) is 0.423. The number of anilines is 2. The van der Waals surface area contributed by atoms with Crippen molar-refractivity contribution in [2.45, 2.75) is 51.3 Å². The highest BCUT2D eigenvalue weighted by Crippen LogP contribution is 2.60. The second-order valence-electron chi connectivity index (χ2n) is 9.82. The molecule has 6 nitrogen and oxygen atoms in total. The van der Waals surface area contributed by atoms with E-state index < -0.39 is 23.2 Å². The Kier molecular flexibility index (Phi) is 5.59. The number of methoxy groups -OCH3 is 1. The fourth-order valence-corrected chi connectivity index (χ4v) is 5.49. The first kappa shape index (κ1) is 24.0. The van der Waals surface area contributed by atoms with E-state index in [0.717, 1.165) is 22.9 Å². The van der Waals surface area contributed by atoms with Gasteiger partial charge < -0.3 is 9.64 Å². The molecule has 0 N–H and O–H groups in total. The summed E-state index contributed by atoms with van der Waals surface area (Å²) in [6.07, 6.45) is -2.15. The van der Waals surface area contributed by atoms with Crippen LogP contribution in [0.4, 0.5) is 33.5 Å². The molecule has 2 aromatic heterocycles. The minimum absolute atomic E-state index is 0.0167. The fourth-order valence-electron chi connectivity index (χ4n) is 5.49. The van der Waals surface area contributed by atoms with Crippen LogP contribution in [0.5, 0.6) is 0 Å². The van der Waals surface area contributed by atoms with Crippen LogP contribution in [0.2, 0.25) is 0 Å². The second-order valence-corrected chi connectivity index (χ2v) is 9.82. The lowest BCUT2D eigenvalue weighted by molar-refractivity contribution is -0.188. The van der Waals surface area contributed by atoms with Crippen LogP contribution in [0.15, 0.2) is 30.3 Å². The summed E-state index contributed by atoms with van der Waals surface area (Å²) < 4.78 is 77.1. The van der Waals surface area contributed by atoms with E-state index >= 15 is 4.39 Å². The molecule has 2 aliphatic rings. The van der Waals surface area contributed by atoms with Crippen LogP contribution < -0.4 is 4.90 Å². The number of hydrogen-bond donors (Lipinski definition) is 0. The normalized spacial score (nSPS) is 17.0. The monoisotopic (exact) mass is 517 g/mol. The van der Waals surface area contributed by atoms with Crippen LogP contribution >= 0.6 is 0 Å². The molecular weight excluding hydrogens is 493 g/mol. The smallest absolute Gasteiger partial charge is 0.377 e. The quantitative estimate of drug-likeness (QED) is 0.291. The van der Waals surface area contributed by atoms with Crippen LogP contribution in [-0.4, -0.2) is 39.4 Å². The first-order chi connectivity index (χ1) is 17.7. The Hall–Kier alpha value is -3.34. The molecule has 2 aromatic carbocycles. The van der Waals surface area contributed by atoms with E-state index in [-0.39, 0.29) is 42.9 Å². The number of aromatic nitrogens is 4. The van der Waals surface area contributed by atoms with Crippen molar-refractivity contribution in [3.8, 4) is 0 Å². The predicted molar refractivity (Wildman–Crippen MR) is 127 cm³/mol. The van der Waals surface area contributed by atoms with E-state index in [0.29, 0.717) is 37.1 Å². The van der Waals surface area contributed by atoms with Crippen LogP contribution in [0, 0.1) is 17.0 Å². The predicted octanol–water partition coefficient (Wildman–Crippen LogP) is 6.06. The topological polar surface area (TPSA) is 55.6 Å². The number of rotatable bonds is 6. The van der Waals surface area contributed by atoms with Crippen molar-refractivity contribution in [2.24, 2.45) is 5.41 Å². The minimum Gasteiger partial charge on any atom is -0.377 e. The number of alkyl halides is 3. The third kappa shape index (κ3) is 3.82. The summed E-state index contributed by atoms with van der Waals surface area (Å²) in [6.45, 7) is 0.585. The number of fused-ring (bicyclic) bond motifs is 4. The van der Waals surface area contributed by atoms with Gasteiger partial charge in [0.15, 0.2) is 17.5 Å². The van der Waals surface area contributed by atoms with Crippen LogP contribution in [-0.2, 0) is 24.2 Å². The lowest BCUT2D eigenvalue weighted by Crippen LogP contribution is -2.28. The van der Waals surface area contributed by atoms with Gasteiger partial charge in [0.25, 0.3) is 5.78 Å². The van der Waals surface area contributed by atoms with Crippen molar-refractivity contribution in [2.75, 3.05) is 18.6 Å². The van der Waals surface area contributed by atoms with Gasteiger partial charge in [0, 0.05) is 19.3 Å². The molecule has 4 aromatic rings. The maximum Gasteiger partial charge on any atom is 0.394 e. The van der Waals surface area contributed by atoms with Gasteiger partial charge >= 0.3 is 6.18 Å². The molecule has 3 heterocycles. The van der Waals surface area contributed by atoms with E-state index in [4.69, 9.17) is 4.74 Å². The molecular formula is C26H24F5N5O. The van der Waals surface area contributed by atoms with Gasteiger partial charge in [-0.15, -0.1) is 10.2 Å². The zero-order valence-corrected chi connectivity index (χ0v) is 20.1. The first-order valence-corrected chi connectivity index (χ1v) is 12.2. The molecule has 0 unspecified atom stereocenters. The van der Waals surface area contributed by atoms with Gasteiger partial charge in [-0.25, -0.2) is 8.78 Å². The van der Waals surface area contributed by atoms with Crippen molar-refractivity contribution in [1.82, 2.24) is 19.6 Å². The van der Waals surface area contributed by atoms with E-state index in [1.807, 2.05) is 17.0 Å². The average Bonchev–Trinajstić information content (AvgIpc) is 3.59. The minimum atomic E-state index is -4.20. The summed E-state index contributed by atoms with van der Waals surface area (Å²) in [5.74, 6) is -1.24. The molecule has 1 aliphatic carbocycles. The van der Waals surface area contributed by atoms with Crippen molar-refractivity contribution >= 4 is 28.2 Å². The SMILES string of the molecule is COCc1nnc2nc(N3CCCc4c(CCC5(C(F)(F)F)CC5)cccc43)c3c(F)c(F)ccc3n12. The lowest BCUT2D eigenvalue weighted by Gasteiger charge is -2.33. The summed E-state index contributed by atoms with van der Waals surface area (Å²) in [6, 6.07) is 8.02. The Balaban J connectivity index is 1.47. The molecule has 0 spiro atoms. The van der Waals surface area contributed by atoms with Gasteiger partial charge in [0.05, 0.1) is 16.3 Å². The van der Waals surface area contributed by atoms with Gasteiger partial charge in [0.2, 0.25) is 0 Å². The maximum absolute atomic E-state index is 15.4. The van der Waals surface area contributed by atoms with Gasteiger partial charge in [-0.1, -0.05) is 12.1 Å². The number of ether oxygens (including phenoxy) is 1. The Morgan fingerprint density at radius 2 is 1.89 bits per heavy atom. The largest absolute Gasteiger partial charge is 0.394 e. The van der Waals surface area contributed by atoms with Crippen LogP contribution in [0.1, 0.15) is 42.6 Å².